The first-order valence-electron chi connectivity index (χ1n) is 5.10. The van der Waals surface area contributed by atoms with Gasteiger partial charge in [-0.05, 0) is 37.6 Å². The molecule has 88 valence electrons. The number of rotatable bonds is 2. The Hall–Kier alpha value is -1.62. The maximum atomic E-state index is 5.90. The van der Waals surface area contributed by atoms with E-state index in [1.807, 2.05) is 26.0 Å². The summed E-state index contributed by atoms with van der Waals surface area (Å²) in [6.07, 6.45) is 0. The molecule has 2 rings (SSSR count). The molecule has 1 heterocycles. The van der Waals surface area contributed by atoms with Crippen LogP contribution in [0, 0.1) is 13.8 Å². The van der Waals surface area contributed by atoms with Gasteiger partial charge in [-0.25, -0.2) is 0 Å². The fourth-order valence-corrected chi connectivity index (χ4v) is 2.03. The second kappa shape index (κ2) is 4.71. The van der Waals surface area contributed by atoms with Crippen LogP contribution in [-0.4, -0.2) is 10.2 Å². The molecule has 1 aromatic carbocycles. The summed E-state index contributed by atoms with van der Waals surface area (Å²) in [5.41, 5.74) is 8.25. The van der Waals surface area contributed by atoms with Crippen LogP contribution in [0.25, 0.3) is 0 Å². The number of nitrogens with two attached hydrogens (primary N) is 1. The summed E-state index contributed by atoms with van der Waals surface area (Å²) >= 11 is 3.38. The zero-order valence-electron chi connectivity index (χ0n) is 9.57. The number of nitrogen functional groups attached to an aromatic ring is 1. The molecule has 17 heavy (non-hydrogen) atoms. The smallest absolute Gasteiger partial charge is 0.238 e. The maximum Gasteiger partial charge on any atom is 0.238 e. The Morgan fingerprint density at radius 1 is 1.18 bits per heavy atom. The van der Waals surface area contributed by atoms with E-state index >= 15 is 0 Å². The fraction of sp³-hybridized carbons (Fsp3) is 0.167. The number of hydrogen-bond acceptors (Lipinski definition) is 4. The van der Waals surface area contributed by atoms with Crippen LogP contribution in [0.5, 0.6) is 11.6 Å². The summed E-state index contributed by atoms with van der Waals surface area (Å²) in [5, 5.41) is 7.87. The van der Waals surface area contributed by atoms with Gasteiger partial charge in [0.25, 0.3) is 0 Å². The van der Waals surface area contributed by atoms with E-state index < -0.39 is 0 Å². The van der Waals surface area contributed by atoms with Crippen LogP contribution in [-0.2, 0) is 0 Å². The van der Waals surface area contributed by atoms with Crippen molar-refractivity contribution >= 4 is 21.6 Å². The fourth-order valence-electron chi connectivity index (χ4n) is 1.44. The Balaban J connectivity index is 2.33. The predicted molar refractivity (Wildman–Crippen MR) is 70.1 cm³/mol. The Morgan fingerprint density at radius 2 is 1.94 bits per heavy atom. The van der Waals surface area contributed by atoms with Crippen molar-refractivity contribution in [3.63, 3.8) is 0 Å². The first kappa shape index (κ1) is 11.9. The van der Waals surface area contributed by atoms with Gasteiger partial charge in [0.1, 0.15) is 0 Å². The summed E-state index contributed by atoms with van der Waals surface area (Å²) < 4.78 is 6.56. The molecule has 0 fully saturated rings. The average molecular weight is 294 g/mol. The predicted octanol–water partition coefficient (Wildman–Crippen LogP) is 3.23. The number of aromatic nitrogens is 2. The summed E-state index contributed by atoms with van der Waals surface area (Å²) in [7, 11) is 0. The van der Waals surface area contributed by atoms with Crippen LogP contribution in [0.3, 0.4) is 0 Å². The molecule has 5 heteroatoms. The molecule has 0 aliphatic rings. The van der Waals surface area contributed by atoms with E-state index in [1.54, 1.807) is 12.1 Å². The van der Waals surface area contributed by atoms with E-state index in [0.29, 0.717) is 17.3 Å². The van der Waals surface area contributed by atoms with Crippen molar-refractivity contribution in [2.24, 2.45) is 0 Å². The highest BCUT2D eigenvalue weighted by Gasteiger charge is 2.08. The molecule has 0 unspecified atom stereocenters. The molecule has 0 bridgehead atoms. The van der Waals surface area contributed by atoms with Crippen molar-refractivity contribution in [1.29, 1.82) is 0 Å². The van der Waals surface area contributed by atoms with Crippen molar-refractivity contribution in [1.82, 2.24) is 10.2 Å². The third kappa shape index (κ3) is 2.74. The first-order valence-corrected chi connectivity index (χ1v) is 5.89. The molecule has 0 radical (unpaired) electrons. The van der Waals surface area contributed by atoms with E-state index in [9.17, 15) is 0 Å². The van der Waals surface area contributed by atoms with Crippen LogP contribution < -0.4 is 10.5 Å². The number of anilines is 1. The maximum absolute atomic E-state index is 5.90. The van der Waals surface area contributed by atoms with Gasteiger partial charge < -0.3 is 10.5 Å². The third-order valence-electron chi connectivity index (χ3n) is 2.25. The molecule has 0 atom stereocenters. The van der Waals surface area contributed by atoms with Gasteiger partial charge >= 0.3 is 0 Å². The minimum atomic E-state index is 0.438. The Morgan fingerprint density at radius 3 is 2.53 bits per heavy atom. The molecule has 0 aliphatic carbocycles. The lowest BCUT2D eigenvalue weighted by molar-refractivity contribution is 0.453. The van der Waals surface area contributed by atoms with E-state index in [4.69, 9.17) is 10.5 Å². The normalized spacial score (nSPS) is 10.3. The average Bonchev–Trinajstić information content (AvgIpc) is 2.26. The number of ether oxygens (including phenoxy) is 1. The molecule has 4 nitrogen and oxygen atoms in total. The monoisotopic (exact) mass is 293 g/mol. The largest absolute Gasteiger partial charge is 0.435 e. The highest BCUT2D eigenvalue weighted by molar-refractivity contribution is 9.10. The van der Waals surface area contributed by atoms with Gasteiger partial charge in [-0.15, -0.1) is 5.10 Å². The molecule has 2 aromatic rings. The van der Waals surface area contributed by atoms with Crippen molar-refractivity contribution in [2.45, 2.75) is 13.8 Å². The van der Waals surface area contributed by atoms with Gasteiger partial charge in [0, 0.05) is 10.5 Å². The van der Waals surface area contributed by atoms with E-state index in [0.717, 1.165) is 15.7 Å². The first-order chi connectivity index (χ1) is 8.06. The van der Waals surface area contributed by atoms with Crippen LogP contribution in [0.1, 0.15) is 11.3 Å². The van der Waals surface area contributed by atoms with Crippen molar-refractivity contribution in [3.05, 3.63) is 40.0 Å². The molecular weight excluding hydrogens is 282 g/mol. The second-order valence-electron chi connectivity index (χ2n) is 3.76. The molecular formula is C12H12BrN3O. The molecule has 0 aliphatic heterocycles. The van der Waals surface area contributed by atoms with Crippen LogP contribution in [0.15, 0.2) is 28.7 Å². The summed E-state index contributed by atoms with van der Waals surface area (Å²) in [6, 6.07) is 7.34. The van der Waals surface area contributed by atoms with Gasteiger partial charge in [0.2, 0.25) is 5.88 Å². The van der Waals surface area contributed by atoms with Gasteiger partial charge in [-0.3, -0.25) is 0 Å². The molecule has 0 saturated heterocycles. The minimum Gasteiger partial charge on any atom is -0.435 e. The topological polar surface area (TPSA) is 61.0 Å². The number of benzene rings is 1. The summed E-state index contributed by atoms with van der Waals surface area (Å²) in [4.78, 5) is 0. The standard InChI is InChI=1S/C12H12BrN3O/c1-7-5-9(13)6-10(14)12(7)17-11-4-3-8(2)15-16-11/h3-6H,14H2,1-2H3. The zero-order chi connectivity index (χ0) is 12.4. The lowest BCUT2D eigenvalue weighted by Gasteiger charge is -2.10. The lowest BCUT2D eigenvalue weighted by atomic mass is 10.2. The lowest BCUT2D eigenvalue weighted by Crippen LogP contribution is -1.97. The van der Waals surface area contributed by atoms with Gasteiger partial charge in [0.05, 0.1) is 11.4 Å². The second-order valence-corrected chi connectivity index (χ2v) is 4.67. The van der Waals surface area contributed by atoms with E-state index in [1.165, 1.54) is 0 Å². The number of aryl methyl sites for hydroxylation is 2. The van der Waals surface area contributed by atoms with E-state index in [-0.39, 0.29) is 0 Å². The van der Waals surface area contributed by atoms with Gasteiger partial charge in [-0.1, -0.05) is 15.9 Å². The molecule has 1 aromatic heterocycles. The van der Waals surface area contributed by atoms with E-state index in [2.05, 4.69) is 26.1 Å². The van der Waals surface area contributed by atoms with Crippen LogP contribution >= 0.6 is 15.9 Å². The van der Waals surface area contributed by atoms with Crippen LogP contribution in [0.2, 0.25) is 0 Å². The third-order valence-corrected chi connectivity index (χ3v) is 2.71. The quantitative estimate of drug-likeness (QED) is 0.864. The van der Waals surface area contributed by atoms with Crippen LogP contribution in [0.4, 0.5) is 5.69 Å². The SMILES string of the molecule is Cc1ccc(Oc2c(C)cc(Br)cc2N)nn1. The summed E-state index contributed by atoms with van der Waals surface area (Å²) in [5.74, 6) is 1.05. The van der Waals surface area contributed by atoms with Crippen molar-refractivity contribution in [2.75, 3.05) is 5.73 Å². The number of nitrogens with zero attached hydrogens (tertiary/aromatic N) is 2. The highest BCUT2D eigenvalue weighted by atomic mass is 79.9. The Kier molecular flexibility index (Phi) is 3.28. The van der Waals surface area contributed by atoms with Gasteiger partial charge in [-0.2, -0.15) is 5.10 Å². The molecule has 0 amide bonds. The molecule has 2 N–H and O–H groups in total. The van der Waals surface area contributed by atoms with Gasteiger partial charge in [0.15, 0.2) is 5.75 Å². The zero-order valence-corrected chi connectivity index (χ0v) is 11.2. The minimum absolute atomic E-state index is 0.438. The van der Waals surface area contributed by atoms with Crippen molar-refractivity contribution < 1.29 is 4.74 Å². The molecule has 0 saturated carbocycles. The Bertz CT molecular complexity index is 517. The van der Waals surface area contributed by atoms with Crippen molar-refractivity contribution in [3.8, 4) is 11.6 Å². The number of halogens is 1. The Labute approximate surface area is 108 Å². The number of hydrogen-bond donors (Lipinski definition) is 1. The summed E-state index contributed by atoms with van der Waals surface area (Å²) in [6.45, 7) is 3.80. The highest BCUT2D eigenvalue weighted by Crippen LogP contribution is 2.32. The molecule has 0 spiro atoms.